The van der Waals surface area contributed by atoms with Crippen LogP contribution in [0.1, 0.15) is 32.1 Å². The Labute approximate surface area is 125 Å². The highest BCUT2D eigenvalue weighted by molar-refractivity contribution is 7.98. The summed E-state index contributed by atoms with van der Waals surface area (Å²) >= 11 is 1.47. The molecule has 0 aromatic heterocycles. The first-order valence-electron chi connectivity index (χ1n) is 6.84. The van der Waals surface area contributed by atoms with E-state index in [9.17, 15) is 22.8 Å². The molecule has 1 aliphatic rings. The summed E-state index contributed by atoms with van der Waals surface area (Å²) in [5.74, 6) is -2.81. The van der Waals surface area contributed by atoms with Crippen molar-refractivity contribution in [1.82, 2.24) is 5.32 Å². The first-order chi connectivity index (χ1) is 9.75. The van der Waals surface area contributed by atoms with Crippen LogP contribution in [0, 0.1) is 11.8 Å². The van der Waals surface area contributed by atoms with Crippen molar-refractivity contribution in [3.8, 4) is 0 Å². The van der Waals surface area contributed by atoms with Crippen LogP contribution in [-0.4, -0.2) is 41.2 Å². The normalized spacial score (nSPS) is 24.4. The number of hydrogen-bond donors (Lipinski definition) is 2. The van der Waals surface area contributed by atoms with E-state index < -0.39 is 35.9 Å². The van der Waals surface area contributed by atoms with E-state index >= 15 is 0 Å². The standard InChI is InChI=1S/C13H20F3NO3S/c1-21-7-6-10(12(19)20)17-11(18)8-2-4-9(5-3-8)13(14,15)16/h8-10H,2-7H2,1H3,(H,17,18)(H,19,20)/t8?,9?,10-/m1/s1. The summed E-state index contributed by atoms with van der Waals surface area (Å²) in [6, 6.07) is -0.967. The molecule has 0 saturated heterocycles. The lowest BCUT2D eigenvalue weighted by atomic mass is 9.81. The van der Waals surface area contributed by atoms with E-state index in [4.69, 9.17) is 5.11 Å². The number of alkyl halides is 3. The Bertz CT molecular complexity index is 368. The molecule has 21 heavy (non-hydrogen) atoms. The highest BCUT2D eigenvalue weighted by Gasteiger charge is 2.42. The average Bonchev–Trinajstić information content (AvgIpc) is 2.42. The van der Waals surface area contributed by atoms with Gasteiger partial charge >= 0.3 is 12.1 Å². The van der Waals surface area contributed by atoms with Crippen LogP contribution in [0.3, 0.4) is 0 Å². The zero-order chi connectivity index (χ0) is 16.0. The number of carboxylic acids is 1. The van der Waals surface area contributed by atoms with E-state index in [1.165, 1.54) is 11.8 Å². The second kappa shape index (κ2) is 7.91. The molecule has 1 atom stereocenters. The lowest BCUT2D eigenvalue weighted by molar-refractivity contribution is -0.184. The predicted octanol–water partition coefficient (Wildman–Crippen LogP) is 2.68. The Kier molecular flexibility index (Phi) is 6.83. The largest absolute Gasteiger partial charge is 0.480 e. The van der Waals surface area contributed by atoms with Crippen molar-refractivity contribution in [2.24, 2.45) is 11.8 Å². The maximum Gasteiger partial charge on any atom is 0.391 e. The number of carboxylic acid groups (broad SMARTS) is 1. The van der Waals surface area contributed by atoms with Crippen LogP contribution >= 0.6 is 11.8 Å². The van der Waals surface area contributed by atoms with Gasteiger partial charge < -0.3 is 10.4 Å². The van der Waals surface area contributed by atoms with Crippen LogP contribution in [0.4, 0.5) is 13.2 Å². The van der Waals surface area contributed by atoms with Crippen molar-refractivity contribution in [1.29, 1.82) is 0 Å². The number of amides is 1. The first kappa shape index (κ1) is 18.1. The number of thioether (sulfide) groups is 1. The van der Waals surface area contributed by atoms with Crippen molar-refractivity contribution < 1.29 is 27.9 Å². The monoisotopic (exact) mass is 327 g/mol. The molecule has 0 aromatic carbocycles. The van der Waals surface area contributed by atoms with Crippen LogP contribution < -0.4 is 5.32 Å². The molecule has 0 unspecified atom stereocenters. The molecule has 0 aromatic rings. The van der Waals surface area contributed by atoms with Gasteiger partial charge in [-0.05, 0) is 44.1 Å². The first-order valence-corrected chi connectivity index (χ1v) is 8.24. The fourth-order valence-corrected chi connectivity index (χ4v) is 2.94. The highest BCUT2D eigenvalue weighted by atomic mass is 32.2. The van der Waals surface area contributed by atoms with Gasteiger partial charge in [0.15, 0.2) is 0 Å². The lowest BCUT2D eigenvalue weighted by Crippen LogP contribution is -2.45. The fraction of sp³-hybridized carbons (Fsp3) is 0.846. The Morgan fingerprint density at radius 3 is 2.29 bits per heavy atom. The summed E-state index contributed by atoms with van der Waals surface area (Å²) in [5.41, 5.74) is 0. The molecule has 122 valence electrons. The molecule has 0 radical (unpaired) electrons. The second-order valence-corrected chi connectivity index (χ2v) is 6.26. The van der Waals surface area contributed by atoms with Gasteiger partial charge in [0.05, 0.1) is 5.92 Å². The summed E-state index contributed by atoms with van der Waals surface area (Å²) in [4.78, 5) is 23.0. The van der Waals surface area contributed by atoms with Crippen LogP contribution in [0.15, 0.2) is 0 Å². The maximum atomic E-state index is 12.5. The lowest BCUT2D eigenvalue weighted by Gasteiger charge is -2.29. The van der Waals surface area contributed by atoms with Crippen molar-refractivity contribution in [2.45, 2.75) is 44.3 Å². The van der Waals surface area contributed by atoms with E-state index in [0.717, 1.165) is 0 Å². The third-order valence-corrected chi connectivity index (χ3v) is 4.43. The average molecular weight is 327 g/mol. The zero-order valence-corrected chi connectivity index (χ0v) is 12.6. The van der Waals surface area contributed by atoms with Gasteiger partial charge in [-0.3, -0.25) is 4.79 Å². The second-order valence-electron chi connectivity index (χ2n) is 5.27. The van der Waals surface area contributed by atoms with Gasteiger partial charge in [0.1, 0.15) is 6.04 Å². The SMILES string of the molecule is CSCC[C@@H](NC(=O)C1CCC(C(F)(F)F)CC1)C(=O)O. The summed E-state index contributed by atoms with van der Waals surface area (Å²) in [5, 5.41) is 11.5. The van der Waals surface area contributed by atoms with Crippen LogP contribution in [0.5, 0.6) is 0 Å². The maximum absolute atomic E-state index is 12.5. The van der Waals surface area contributed by atoms with E-state index in [0.29, 0.717) is 12.2 Å². The summed E-state index contributed by atoms with van der Waals surface area (Å²) in [7, 11) is 0. The third-order valence-electron chi connectivity index (χ3n) is 3.79. The molecular weight excluding hydrogens is 307 g/mol. The van der Waals surface area contributed by atoms with Gasteiger partial charge in [-0.15, -0.1) is 0 Å². The van der Waals surface area contributed by atoms with Gasteiger partial charge in [0.2, 0.25) is 5.91 Å². The van der Waals surface area contributed by atoms with Gasteiger partial charge in [-0.1, -0.05) is 0 Å². The van der Waals surface area contributed by atoms with Crippen molar-refractivity contribution >= 4 is 23.6 Å². The number of aliphatic carboxylic acids is 1. The smallest absolute Gasteiger partial charge is 0.391 e. The molecule has 1 saturated carbocycles. The quantitative estimate of drug-likeness (QED) is 0.787. The minimum atomic E-state index is -4.20. The zero-order valence-electron chi connectivity index (χ0n) is 11.8. The molecule has 4 nitrogen and oxygen atoms in total. The highest BCUT2D eigenvalue weighted by Crippen LogP contribution is 2.39. The summed E-state index contributed by atoms with van der Waals surface area (Å²) in [6.45, 7) is 0. The minimum Gasteiger partial charge on any atom is -0.480 e. The van der Waals surface area contributed by atoms with Crippen molar-refractivity contribution in [3.05, 3.63) is 0 Å². The Morgan fingerprint density at radius 2 is 1.86 bits per heavy atom. The van der Waals surface area contributed by atoms with E-state index in [1.807, 2.05) is 6.26 Å². The van der Waals surface area contributed by atoms with Gasteiger partial charge in [0.25, 0.3) is 0 Å². The van der Waals surface area contributed by atoms with Gasteiger partial charge in [-0.25, -0.2) is 4.79 Å². The Balaban J connectivity index is 2.47. The molecule has 0 bridgehead atoms. The van der Waals surface area contributed by atoms with Gasteiger partial charge in [0, 0.05) is 5.92 Å². The molecule has 2 N–H and O–H groups in total. The van der Waals surface area contributed by atoms with E-state index in [1.54, 1.807) is 0 Å². The van der Waals surface area contributed by atoms with Crippen LogP contribution in [0.2, 0.25) is 0 Å². The van der Waals surface area contributed by atoms with Crippen molar-refractivity contribution in [2.75, 3.05) is 12.0 Å². The number of hydrogen-bond acceptors (Lipinski definition) is 3. The molecule has 0 aliphatic heterocycles. The van der Waals surface area contributed by atoms with Crippen LogP contribution in [-0.2, 0) is 9.59 Å². The Hall–Kier alpha value is -0.920. The number of rotatable bonds is 6. The van der Waals surface area contributed by atoms with Crippen LogP contribution in [0.25, 0.3) is 0 Å². The molecule has 0 spiro atoms. The molecule has 1 amide bonds. The van der Waals surface area contributed by atoms with Gasteiger partial charge in [-0.2, -0.15) is 24.9 Å². The number of halogens is 3. The number of carbonyl (C=O) groups excluding carboxylic acids is 1. The molecule has 8 heteroatoms. The van der Waals surface area contributed by atoms with E-state index in [2.05, 4.69) is 5.32 Å². The molecular formula is C13H20F3NO3S. The minimum absolute atomic E-state index is 0.0653. The molecule has 1 rings (SSSR count). The third kappa shape index (κ3) is 5.76. The van der Waals surface area contributed by atoms with E-state index in [-0.39, 0.29) is 25.7 Å². The topological polar surface area (TPSA) is 66.4 Å². The van der Waals surface area contributed by atoms with Crippen molar-refractivity contribution in [3.63, 3.8) is 0 Å². The Morgan fingerprint density at radius 1 is 1.29 bits per heavy atom. The molecule has 0 heterocycles. The molecule has 1 aliphatic carbocycles. The number of nitrogens with one attached hydrogen (secondary N) is 1. The number of carbonyl (C=O) groups is 2. The summed E-state index contributed by atoms with van der Waals surface area (Å²) < 4.78 is 37.6. The summed E-state index contributed by atoms with van der Waals surface area (Å²) in [6.07, 6.45) is -1.88. The fourth-order valence-electron chi connectivity index (χ4n) is 2.47. The molecule has 1 fully saturated rings. The predicted molar refractivity (Wildman–Crippen MR) is 74.1 cm³/mol.